The molecule has 1 aromatic carbocycles. The Balaban J connectivity index is 2.00. The van der Waals surface area contributed by atoms with Crippen LogP contribution in [0.25, 0.3) is 0 Å². The summed E-state index contributed by atoms with van der Waals surface area (Å²) >= 11 is 0. The topological polar surface area (TPSA) is 83.6 Å². The molecule has 1 aliphatic heterocycles. The summed E-state index contributed by atoms with van der Waals surface area (Å²) in [5.74, 6) is -1.99. The Morgan fingerprint density at radius 3 is 2.46 bits per heavy atom. The van der Waals surface area contributed by atoms with E-state index in [0.29, 0.717) is 19.0 Å². The number of carbonyl (C=O) groups excluding carboxylic acids is 2. The molecule has 1 N–H and O–H groups in total. The molecule has 0 atom stereocenters. The summed E-state index contributed by atoms with van der Waals surface area (Å²) in [5, 5.41) is 3.10. The molecule has 0 aromatic heterocycles. The van der Waals surface area contributed by atoms with Gasteiger partial charge in [-0.25, -0.2) is 12.8 Å². The number of nitrogens with one attached hydrogen (secondary N) is 1. The van der Waals surface area contributed by atoms with Gasteiger partial charge in [0.1, 0.15) is 11.6 Å². The van der Waals surface area contributed by atoms with Crippen molar-refractivity contribution in [3.05, 3.63) is 29.6 Å². The van der Waals surface area contributed by atoms with Crippen molar-refractivity contribution >= 4 is 21.5 Å². The van der Waals surface area contributed by atoms with Crippen LogP contribution in [-0.2, 0) is 14.6 Å². The van der Waals surface area contributed by atoms with Gasteiger partial charge in [0.15, 0.2) is 15.6 Å². The minimum Gasteiger partial charge on any atom is -0.342 e. The number of amides is 1. The van der Waals surface area contributed by atoms with Crippen molar-refractivity contribution in [1.29, 1.82) is 0 Å². The zero-order valence-electron chi connectivity index (χ0n) is 15.1. The van der Waals surface area contributed by atoms with Gasteiger partial charge < -0.3 is 10.2 Å². The quantitative estimate of drug-likeness (QED) is 0.723. The lowest BCUT2D eigenvalue weighted by atomic mass is 9.93. The fourth-order valence-electron chi connectivity index (χ4n) is 3.13. The van der Waals surface area contributed by atoms with Crippen molar-refractivity contribution < 1.29 is 22.4 Å². The van der Waals surface area contributed by atoms with Crippen LogP contribution in [0.5, 0.6) is 0 Å². The number of benzene rings is 1. The summed E-state index contributed by atoms with van der Waals surface area (Å²) < 4.78 is 38.7. The molecular weight excluding hydrogens is 359 g/mol. The molecule has 1 fully saturated rings. The van der Waals surface area contributed by atoms with E-state index in [1.807, 2.05) is 7.05 Å². The molecule has 0 spiro atoms. The fraction of sp³-hybridized carbons (Fsp3) is 0.556. The van der Waals surface area contributed by atoms with Crippen molar-refractivity contribution in [3.63, 3.8) is 0 Å². The molecule has 0 aliphatic carbocycles. The number of rotatable bonds is 7. The molecule has 0 unspecified atom stereocenters. The molecule has 1 aromatic rings. The minimum atomic E-state index is -3.95. The smallest absolute Gasteiger partial charge is 0.238 e. The minimum absolute atomic E-state index is 0.168. The summed E-state index contributed by atoms with van der Waals surface area (Å²) in [6, 6.07) is 3.12. The molecule has 0 bridgehead atoms. The third-order valence-electron chi connectivity index (χ3n) is 4.76. The van der Waals surface area contributed by atoms with Gasteiger partial charge in [0.2, 0.25) is 5.91 Å². The van der Waals surface area contributed by atoms with Crippen LogP contribution in [0.15, 0.2) is 23.1 Å². The average molecular weight is 384 g/mol. The molecule has 26 heavy (non-hydrogen) atoms. The van der Waals surface area contributed by atoms with Crippen molar-refractivity contribution in [2.24, 2.45) is 5.92 Å². The highest BCUT2D eigenvalue weighted by atomic mass is 32.2. The van der Waals surface area contributed by atoms with Gasteiger partial charge in [0.25, 0.3) is 0 Å². The fourth-order valence-corrected chi connectivity index (χ4v) is 4.36. The van der Waals surface area contributed by atoms with Crippen LogP contribution in [0.4, 0.5) is 4.39 Å². The van der Waals surface area contributed by atoms with E-state index in [0.717, 1.165) is 37.9 Å². The van der Waals surface area contributed by atoms with Crippen LogP contribution in [0, 0.1) is 11.7 Å². The van der Waals surface area contributed by atoms with Crippen molar-refractivity contribution in [2.75, 3.05) is 32.4 Å². The number of carbonyl (C=O) groups is 2. The lowest BCUT2D eigenvalue weighted by Gasteiger charge is -2.32. The standard InChI is InChI=1S/C18H25FN2O4S/c1-13(22)16-4-3-15(11-17(16)19)26(24,25)12-18(23)21-9-6-14(7-10-21)5-8-20-2/h3-4,11,14,20H,5-10,12H2,1-2H3. The van der Waals surface area contributed by atoms with E-state index in [1.165, 1.54) is 13.0 Å². The molecule has 1 heterocycles. The summed E-state index contributed by atoms with van der Waals surface area (Å²) in [7, 11) is -2.06. The predicted molar refractivity (Wildman–Crippen MR) is 96.3 cm³/mol. The number of hydrogen-bond acceptors (Lipinski definition) is 5. The van der Waals surface area contributed by atoms with E-state index in [-0.39, 0.29) is 10.5 Å². The highest BCUT2D eigenvalue weighted by molar-refractivity contribution is 7.92. The van der Waals surface area contributed by atoms with Crippen molar-refractivity contribution in [2.45, 2.75) is 31.1 Å². The predicted octanol–water partition coefficient (Wildman–Crippen LogP) is 1.65. The molecule has 1 amide bonds. The van der Waals surface area contributed by atoms with E-state index < -0.39 is 33.1 Å². The van der Waals surface area contributed by atoms with Gasteiger partial charge in [-0.3, -0.25) is 9.59 Å². The molecule has 8 heteroatoms. The molecule has 0 radical (unpaired) electrons. The molecule has 2 rings (SSSR count). The number of halogens is 1. The second kappa shape index (κ2) is 8.73. The van der Waals surface area contributed by atoms with Gasteiger partial charge in [-0.15, -0.1) is 0 Å². The maximum atomic E-state index is 13.9. The first-order valence-corrected chi connectivity index (χ1v) is 10.4. The van der Waals surface area contributed by atoms with E-state index in [1.54, 1.807) is 4.90 Å². The van der Waals surface area contributed by atoms with Crippen molar-refractivity contribution in [1.82, 2.24) is 10.2 Å². The third-order valence-corrected chi connectivity index (χ3v) is 6.36. The zero-order valence-corrected chi connectivity index (χ0v) is 15.9. The Labute approximate surface area is 153 Å². The number of hydrogen-bond donors (Lipinski definition) is 1. The molecule has 144 valence electrons. The number of Topliss-reactive ketones (excluding diaryl/α,β-unsaturated/α-hetero) is 1. The first kappa shape index (κ1) is 20.5. The molecule has 1 aliphatic rings. The zero-order chi connectivity index (χ0) is 19.3. The summed E-state index contributed by atoms with van der Waals surface area (Å²) in [6.45, 7) is 3.21. The maximum absolute atomic E-state index is 13.9. The Bertz CT molecular complexity index is 771. The molecule has 6 nitrogen and oxygen atoms in total. The van der Waals surface area contributed by atoms with Gasteiger partial charge >= 0.3 is 0 Å². The number of ketones is 1. The Hall–Kier alpha value is -1.80. The van der Waals surface area contributed by atoms with Gasteiger partial charge in [-0.2, -0.15) is 0 Å². The Morgan fingerprint density at radius 2 is 1.92 bits per heavy atom. The molecular formula is C18H25FN2O4S. The second-order valence-corrected chi connectivity index (χ2v) is 8.66. The number of sulfone groups is 1. The van der Waals surface area contributed by atoms with E-state index in [2.05, 4.69) is 5.32 Å². The van der Waals surface area contributed by atoms with E-state index in [9.17, 15) is 22.4 Å². The van der Waals surface area contributed by atoms with Crippen LogP contribution >= 0.6 is 0 Å². The normalized spacial score (nSPS) is 15.9. The molecule has 1 saturated heterocycles. The lowest BCUT2D eigenvalue weighted by molar-refractivity contribution is -0.129. The highest BCUT2D eigenvalue weighted by Gasteiger charge is 2.27. The van der Waals surface area contributed by atoms with Crippen LogP contribution in [-0.4, -0.2) is 57.4 Å². The lowest BCUT2D eigenvalue weighted by Crippen LogP contribution is -2.41. The van der Waals surface area contributed by atoms with Gasteiger partial charge in [0.05, 0.1) is 10.5 Å². The van der Waals surface area contributed by atoms with Crippen LogP contribution in [0.3, 0.4) is 0 Å². The molecule has 0 saturated carbocycles. The first-order valence-electron chi connectivity index (χ1n) is 8.70. The van der Waals surface area contributed by atoms with Gasteiger partial charge in [-0.1, -0.05) is 0 Å². The van der Waals surface area contributed by atoms with Crippen molar-refractivity contribution in [3.8, 4) is 0 Å². The van der Waals surface area contributed by atoms with E-state index >= 15 is 0 Å². The monoisotopic (exact) mass is 384 g/mol. The van der Waals surface area contributed by atoms with E-state index in [4.69, 9.17) is 0 Å². The SMILES string of the molecule is CNCCC1CCN(C(=O)CS(=O)(=O)c2ccc(C(C)=O)c(F)c2)CC1. The first-order chi connectivity index (χ1) is 12.2. The average Bonchev–Trinajstić information content (AvgIpc) is 2.59. The third kappa shape index (κ3) is 5.11. The Kier molecular flexibility index (Phi) is 6.88. The highest BCUT2D eigenvalue weighted by Crippen LogP contribution is 2.22. The van der Waals surface area contributed by atoms with Gasteiger partial charge in [0, 0.05) is 13.1 Å². The number of piperidine rings is 1. The maximum Gasteiger partial charge on any atom is 0.238 e. The number of nitrogens with zero attached hydrogens (tertiary/aromatic N) is 1. The van der Waals surface area contributed by atoms with Gasteiger partial charge in [-0.05, 0) is 63.9 Å². The van der Waals surface area contributed by atoms with Crippen LogP contribution in [0.1, 0.15) is 36.5 Å². The summed E-state index contributed by atoms with van der Waals surface area (Å²) in [4.78, 5) is 24.9. The largest absolute Gasteiger partial charge is 0.342 e. The summed E-state index contributed by atoms with van der Waals surface area (Å²) in [6.07, 6.45) is 2.75. The summed E-state index contributed by atoms with van der Waals surface area (Å²) in [5.41, 5.74) is -0.168. The Morgan fingerprint density at radius 1 is 1.27 bits per heavy atom. The number of likely N-dealkylation sites (tertiary alicyclic amines) is 1. The second-order valence-electron chi connectivity index (χ2n) is 6.67. The van der Waals surface area contributed by atoms with Crippen LogP contribution in [0.2, 0.25) is 0 Å². The van der Waals surface area contributed by atoms with Crippen LogP contribution < -0.4 is 5.32 Å².